The quantitative estimate of drug-likeness (QED) is 0.477. The molecular formula is C6H12N2. The molecule has 46 valence electrons. The van der Waals surface area contributed by atoms with Crippen LogP contribution < -0.4 is 5.32 Å². The van der Waals surface area contributed by atoms with Crippen LogP contribution in [0.1, 0.15) is 19.3 Å². The summed E-state index contributed by atoms with van der Waals surface area (Å²) in [4.78, 5) is 0. The van der Waals surface area contributed by atoms with Gasteiger partial charge in [-0.2, -0.15) is 0 Å². The Labute approximate surface area is 49.8 Å². The molecule has 2 heteroatoms. The van der Waals surface area contributed by atoms with Gasteiger partial charge in [-0.1, -0.05) is 0 Å². The topological polar surface area (TPSA) is 35.9 Å². The van der Waals surface area contributed by atoms with Gasteiger partial charge in [0.15, 0.2) is 0 Å². The van der Waals surface area contributed by atoms with Gasteiger partial charge >= 0.3 is 0 Å². The van der Waals surface area contributed by atoms with Gasteiger partial charge in [0.25, 0.3) is 0 Å². The first-order chi connectivity index (χ1) is 3.89. The first kappa shape index (κ1) is 5.76. The van der Waals surface area contributed by atoms with E-state index in [0.717, 1.165) is 38.1 Å². The zero-order valence-corrected chi connectivity index (χ0v) is 5.04. The molecule has 1 aliphatic heterocycles. The van der Waals surface area contributed by atoms with E-state index in [1.165, 1.54) is 0 Å². The molecule has 2 N–H and O–H groups in total. The van der Waals surface area contributed by atoms with Gasteiger partial charge in [-0.15, -0.1) is 0 Å². The average molecular weight is 112 g/mol. The number of rotatable bonds is 0. The van der Waals surface area contributed by atoms with Gasteiger partial charge in [0.05, 0.1) is 0 Å². The molecule has 1 fully saturated rings. The van der Waals surface area contributed by atoms with Gasteiger partial charge in [0.1, 0.15) is 0 Å². The first-order valence-electron chi connectivity index (χ1n) is 3.16. The monoisotopic (exact) mass is 112 g/mol. The molecule has 0 aromatic heterocycles. The van der Waals surface area contributed by atoms with Crippen LogP contribution in [0.5, 0.6) is 0 Å². The van der Waals surface area contributed by atoms with E-state index in [4.69, 9.17) is 5.41 Å². The predicted molar refractivity (Wildman–Crippen MR) is 34.4 cm³/mol. The molecule has 0 atom stereocenters. The minimum Gasteiger partial charge on any atom is -0.316 e. The van der Waals surface area contributed by atoms with E-state index < -0.39 is 0 Å². The lowest BCUT2D eigenvalue weighted by Gasteiger charge is -1.92. The zero-order chi connectivity index (χ0) is 5.82. The molecule has 0 aromatic carbocycles. The Morgan fingerprint density at radius 3 is 3.00 bits per heavy atom. The lowest BCUT2D eigenvalue weighted by Crippen LogP contribution is -2.13. The van der Waals surface area contributed by atoms with Crippen molar-refractivity contribution in [2.45, 2.75) is 19.3 Å². The minimum absolute atomic E-state index is 0.912. The summed E-state index contributed by atoms with van der Waals surface area (Å²) >= 11 is 0. The van der Waals surface area contributed by atoms with Gasteiger partial charge < -0.3 is 10.7 Å². The highest BCUT2D eigenvalue weighted by Crippen LogP contribution is 1.97. The van der Waals surface area contributed by atoms with Crippen molar-refractivity contribution in [3.05, 3.63) is 0 Å². The van der Waals surface area contributed by atoms with Crippen LogP contribution in [-0.2, 0) is 0 Å². The fraction of sp³-hybridized carbons (Fsp3) is 0.833. The first-order valence-corrected chi connectivity index (χ1v) is 3.16. The summed E-state index contributed by atoms with van der Waals surface area (Å²) in [5, 5.41) is 10.5. The lowest BCUT2D eigenvalue weighted by atomic mass is 10.2. The van der Waals surface area contributed by atoms with Crippen LogP contribution in [0, 0.1) is 5.41 Å². The maximum Gasteiger partial charge on any atom is 0.0102 e. The van der Waals surface area contributed by atoms with Gasteiger partial charge in [-0.25, -0.2) is 0 Å². The van der Waals surface area contributed by atoms with Gasteiger partial charge in [0, 0.05) is 12.3 Å². The minimum atomic E-state index is 0.912. The van der Waals surface area contributed by atoms with Crippen LogP contribution in [0.2, 0.25) is 0 Å². The molecule has 0 radical (unpaired) electrons. The molecule has 1 saturated heterocycles. The predicted octanol–water partition coefficient (Wildman–Crippen LogP) is 0.780. The maximum absolute atomic E-state index is 7.29. The molecule has 0 aromatic rings. The molecule has 1 aliphatic rings. The van der Waals surface area contributed by atoms with Crippen molar-refractivity contribution in [3.63, 3.8) is 0 Å². The molecule has 0 spiro atoms. The van der Waals surface area contributed by atoms with E-state index in [2.05, 4.69) is 5.32 Å². The Morgan fingerprint density at radius 1 is 1.25 bits per heavy atom. The van der Waals surface area contributed by atoms with Crippen LogP contribution >= 0.6 is 0 Å². The van der Waals surface area contributed by atoms with Crippen LogP contribution in [0.4, 0.5) is 0 Å². The highest BCUT2D eigenvalue weighted by molar-refractivity contribution is 5.81. The Bertz CT molecular complexity index is 78.5. The summed E-state index contributed by atoms with van der Waals surface area (Å²) in [6, 6.07) is 0. The summed E-state index contributed by atoms with van der Waals surface area (Å²) in [6.07, 6.45) is 3.12. The van der Waals surface area contributed by atoms with Gasteiger partial charge in [-0.05, 0) is 25.8 Å². The van der Waals surface area contributed by atoms with E-state index in [9.17, 15) is 0 Å². The Morgan fingerprint density at radius 2 is 2.12 bits per heavy atom. The maximum atomic E-state index is 7.29. The molecular weight excluding hydrogens is 100 g/mol. The average Bonchev–Trinajstić information content (AvgIpc) is 1.94. The summed E-state index contributed by atoms with van der Waals surface area (Å²) in [6.45, 7) is 2.11. The molecule has 1 heterocycles. The van der Waals surface area contributed by atoms with Crippen molar-refractivity contribution in [2.24, 2.45) is 0 Å². The van der Waals surface area contributed by atoms with E-state index >= 15 is 0 Å². The van der Waals surface area contributed by atoms with Crippen molar-refractivity contribution >= 4 is 5.71 Å². The summed E-state index contributed by atoms with van der Waals surface area (Å²) in [5.41, 5.74) is 0.912. The molecule has 8 heavy (non-hydrogen) atoms. The molecule has 0 amide bonds. The van der Waals surface area contributed by atoms with E-state index in [1.807, 2.05) is 0 Å². The molecule has 0 unspecified atom stereocenters. The van der Waals surface area contributed by atoms with Crippen molar-refractivity contribution in [1.82, 2.24) is 5.32 Å². The third-order valence-electron chi connectivity index (χ3n) is 1.44. The number of hydrogen-bond acceptors (Lipinski definition) is 2. The second kappa shape index (κ2) is 2.82. The van der Waals surface area contributed by atoms with E-state index in [0.29, 0.717) is 0 Å². The van der Waals surface area contributed by atoms with Gasteiger partial charge in [0.2, 0.25) is 0 Å². The van der Waals surface area contributed by atoms with Crippen molar-refractivity contribution in [3.8, 4) is 0 Å². The molecule has 0 saturated carbocycles. The van der Waals surface area contributed by atoms with E-state index in [-0.39, 0.29) is 0 Å². The van der Waals surface area contributed by atoms with Crippen LogP contribution in [0.15, 0.2) is 0 Å². The fourth-order valence-corrected chi connectivity index (χ4v) is 0.916. The molecule has 2 nitrogen and oxygen atoms in total. The normalized spacial score (nSPS) is 22.8. The second-order valence-corrected chi connectivity index (χ2v) is 2.21. The summed E-state index contributed by atoms with van der Waals surface area (Å²) in [7, 11) is 0. The second-order valence-electron chi connectivity index (χ2n) is 2.21. The van der Waals surface area contributed by atoms with Crippen LogP contribution in [0.25, 0.3) is 0 Å². The summed E-state index contributed by atoms with van der Waals surface area (Å²) in [5.74, 6) is 0. The summed E-state index contributed by atoms with van der Waals surface area (Å²) < 4.78 is 0. The molecule has 1 rings (SSSR count). The molecule has 0 aliphatic carbocycles. The number of hydrogen-bond donors (Lipinski definition) is 2. The SMILES string of the molecule is N=C1CCCNCC1. The Hall–Kier alpha value is -0.370. The van der Waals surface area contributed by atoms with E-state index in [1.54, 1.807) is 0 Å². The largest absolute Gasteiger partial charge is 0.316 e. The smallest absolute Gasteiger partial charge is 0.0102 e. The standard InChI is InChI=1S/C6H12N2/c7-6-2-1-4-8-5-3-6/h7-8H,1-5H2. The molecule has 0 bridgehead atoms. The lowest BCUT2D eigenvalue weighted by molar-refractivity contribution is 0.703. The Balaban J connectivity index is 2.27. The van der Waals surface area contributed by atoms with Crippen LogP contribution in [-0.4, -0.2) is 18.8 Å². The fourth-order valence-electron chi connectivity index (χ4n) is 0.916. The third-order valence-corrected chi connectivity index (χ3v) is 1.44. The van der Waals surface area contributed by atoms with Crippen molar-refractivity contribution in [2.75, 3.05) is 13.1 Å². The Kier molecular flexibility index (Phi) is 2.03. The van der Waals surface area contributed by atoms with Crippen molar-refractivity contribution in [1.29, 1.82) is 5.41 Å². The van der Waals surface area contributed by atoms with Crippen LogP contribution in [0.3, 0.4) is 0 Å². The highest BCUT2D eigenvalue weighted by atomic mass is 14.9. The third kappa shape index (κ3) is 1.62. The zero-order valence-electron chi connectivity index (χ0n) is 5.04. The van der Waals surface area contributed by atoms with Gasteiger partial charge in [-0.3, -0.25) is 0 Å². The number of nitrogens with one attached hydrogen (secondary N) is 2. The highest BCUT2D eigenvalue weighted by Gasteiger charge is 2.00. The van der Waals surface area contributed by atoms with Crippen molar-refractivity contribution < 1.29 is 0 Å².